The van der Waals surface area contributed by atoms with Crippen molar-refractivity contribution >= 4 is 11.8 Å². The van der Waals surface area contributed by atoms with Crippen LogP contribution in [0.2, 0.25) is 0 Å². The molecule has 0 radical (unpaired) electrons. The van der Waals surface area contributed by atoms with Crippen molar-refractivity contribution in [3.8, 4) is 0 Å². The zero-order chi connectivity index (χ0) is 15.2. The lowest BCUT2D eigenvalue weighted by molar-refractivity contribution is 0.236. The van der Waals surface area contributed by atoms with Gasteiger partial charge in [0.05, 0.1) is 0 Å². The fourth-order valence-electron chi connectivity index (χ4n) is 2.31. The summed E-state index contributed by atoms with van der Waals surface area (Å²) in [5.41, 5.74) is 0. The number of nitrogens with one attached hydrogen (secondary N) is 2. The minimum absolute atomic E-state index is 0.0192. The van der Waals surface area contributed by atoms with Gasteiger partial charge in [0, 0.05) is 38.4 Å². The minimum atomic E-state index is -0.325. The highest BCUT2D eigenvalue weighted by Gasteiger charge is 2.26. The molecule has 0 saturated carbocycles. The summed E-state index contributed by atoms with van der Waals surface area (Å²) in [7, 11) is 3.91. The molecular weight excluding hydrogens is 273 g/mol. The molecule has 1 saturated heterocycles. The zero-order valence-electron chi connectivity index (χ0n) is 12.5. The molecule has 1 aromatic heterocycles. The fraction of sp³-hybridized carbons (Fsp3) is 0.571. The molecule has 0 aromatic carbocycles. The molecule has 1 atom stereocenters. The Bertz CT molecular complexity index is 482. The van der Waals surface area contributed by atoms with E-state index in [1.54, 1.807) is 12.3 Å². The first-order valence-corrected chi connectivity index (χ1v) is 7.11. The summed E-state index contributed by atoms with van der Waals surface area (Å²) in [6.45, 7) is 2.67. The Hall–Kier alpha value is -1.89. The Morgan fingerprint density at radius 2 is 2.38 bits per heavy atom. The van der Waals surface area contributed by atoms with Gasteiger partial charge in [0.1, 0.15) is 0 Å². The molecule has 0 bridgehead atoms. The largest absolute Gasteiger partial charge is 0.352 e. The molecule has 1 aromatic rings. The standard InChI is InChI=1S/C14H22FN5O/c1-19(2)9-7-17-14(21)18-11-5-8-20(10-11)13-12(15)4-3-6-16-13/h3-4,6,11H,5,7-10H2,1-2H3,(H2,17,18,21). The third-order valence-corrected chi connectivity index (χ3v) is 3.41. The molecule has 1 aliphatic heterocycles. The number of nitrogens with zero attached hydrogens (tertiary/aromatic N) is 3. The summed E-state index contributed by atoms with van der Waals surface area (Å²) < 4.78 is 13.7. The second kappa shape index (κ2) is 7.21. The first kappa shape index (κ1) is 15.5. The van der Waals surface area contributed by atoms with Crippen LogP contribution < -0.4 is 15.5 Å². The number of likely N-dealkylation sites (N-methyl/N-ethyl adjacent to an activating group) is 1. The van der Waals surface area contributed by atoms with E-state index in [0.29, 0.717) is 25.5 Å². The quantitative estimate of drug-likeness (QED) is 0.838. The molecule has 7 heteroatoms. The van der Waals surface area contributed by atoms with Crippen molar-refractivity contribution in [1.82, 2.24) is 20.5 Å². The fourth-order valence-corrected chi connectivity index (χ4v) is 2.31. The smallest absolute Gasteiger partial charge is 0.315 e. The first-order valence-electron chi connectivity index (χ1n) is 7.11. The summed E-state index contributed by atoms with van der Waals surface area (Å²) in [6.07, 6.45) is 2.37. The van der Waals surface area contributed by atoms with E-state index in [1.165, 1.54) is 6.07 Å². The van der Waals surface area contributed by atoms with Gasteiger partial charge in [0.25, 0.3) is 0 Å². The Balaban J connectivity index is 1.78. The van der Waals surface area contributed by atoms with Gasteiger partial charge in [-0.15, -0.1) is 0 Å². The molecule has 116 valence electrons. The van der Waals surface area contributed by atoms with Crippen LogP contribution in [0.15, 0.2) is 18.3 Å². The number of urea groups is 1. The van der Waals surface area contributed by atoms with Gasteiger partial charge in [-0.1, -0.05) is 0 Å². The Kier molecular flexibility index (Phi) is 5.32. The number of pyridine rings is 1. The SMILES string of the molecule is CN(C)CCNC(=O)NC1CCN(c2ncccc2F)C1. The second-order valence-electron chi connectivity index (χ2n) is 5.44. The van der Waals surface area contributed by atoms with Crippen molar-refractivity contribution in [1.29, 1.82) is 0 Å². The van der Waals surface area contributed by atoms with Gasteiger partial charge in [-0.05, 0) is 32.6 Å². The van der Waals surface area contributed by atoms with Gasteiger partial charge >= 0.3 is 6.03 Å². The van der Waals surface area contributed by atoms with Crippen molar-refractivity contribution in [2.24, 2.45) is 0 Å². The summed E-state index contributed by atoms with van der Waals surface area (Å²) in [4.78, 5) is 19.7. The topological polar surface area (TPSA) is 60.5 Å². The molecule has 0 spiro atoms. The molecule has 0 aliphatic carbocycles. The zero-order valence-corrected chi connectivity index (χ0v) is 12.5. The number of aromatic nitrogens is 1. The van der Waals surface area contributed by atoms with Crippen molar-refractivity contribution in [2.45, 2.75) is 12.5 Å². The van der Waals surface area contributed by atoms with Gasteiger partial charge in [-0.3, -0.25) is 0 Å². The van der Waals surface area contributed by atoms with Crippen LogP contribution in [0.1, 0.15) is 6.42 Å². The molecule has 2 N–H and O–H groups in total. The van der Waals surface area contributed by atoms with Crippen LogP contribution >= 0.6 is 0 Å². The van der Waals surface area contributed by atoms with Crippen LogP contribution in [0.5, 0.6) is 0 Å². The molecule has 2 amide bonds. The summed E-state index contributed by atoms with van der Waals surface area (Å²) in [5, 5.41) is 5.72. The normalized spacial score (nSPS) is 18.1. The average molecular weight is 295 g/mol. The lowest BCUT2D eigenvalue weighted by atomic mass is 10.3. The van der Waals surface area contributed by atoms with Gasteiger partial charge in [0.2, 0.25) is 0 Å². The van der Waals surface area contributed by atoms with Gasteiger partial charge in [0.15, 0.2) is 11.6 Å². The Labute approximate surface area is 124 Å². The van der Waals surface area contributed by atoms with E-state index in [9.17, 15) is 9.18 Å². The summed E-state index contributed by atoms with van der Waals surface area (Å²) in [6, 6.07) is 2.82. The van der Waals surface area contributed by atoms with E-state index >= 15 is 0 Å². The van der Waals surface area contributed by atoms with Crippen LogP contribution in [0.25, 0.3) is 0 Å². The Morgan fingerprint density at radius 3 is 3.10 bits per heavy atom. The summed E-state index contributed by atoms with van der Waals surface area (Å²) >= 11 is 0. The molecule has 1 aliphatic rings. The number of amides is 2. The average Bonchev–Trinajstić information content (AvgIpc) is 2.87. The van der Waals surface area contributed by atoms with Crippen LogP contribution in [0, 0.1) is 5.82 Å². The number of hydrogen-bond acceptors (Lipinski definition) is 4. The predicted octanol–water partition coefficient (Wildman–Crippen LogP) is 0.660. The number of hydrogen-bond donors (Lipinski definition) is 2. The molecular formula is C14H22FN5O. The van der Waals surface area contributed by atoms with Gasteiger partial charge < -0.3 is 20.4 Å². The molecule has 1 unspecified atom stereocenters. The number of carbonyl (C=O) groups is 1. The number of anilines is 1. The molecule has 1 fully saturated rings. The van der Waals surface area contributed by atoms with Crippen LogP contribution in [-0.4, -0.2) is 62.2 Å². The maximum absolute atomic E-state index is 13.7. The monoisotopic (exact) mass is 295 g/mol. The third kappa shape index (κ3) is 4.56. The van der Waals surface area contributed by atoms with E-state index in [-0.39, 0.29) is 17.9 Å². The highest BCUT2D eigenvalue weighted by Crippen LogP contribution is 2.20. The van der Waals surface area contributed by atoms with E-state index in [1.807, 2.05) is 23.9 Å². The maximum atomic E-state index is 13.7. The van der Waals surface area contributed by atoms with E-state index < -0.39 is 0 Å². The minimum Gasteiger partial charge on any atom is -0.352 e. The second-order valence-corrected chi connectivity index (χ2v) is 5.44. The number of rotatable bonds is 5. The molecule has 2 rings (SSSR count). The van der Waals surface area contributed by atoms with Crippen molar-refractivity contribution in [3.63, 3.8) is 0 Å². The Morgan fingerprint density at radius 1 is 1.57 bits per heavy atom. The number of carbonyl (C=O) groups excluding carboxylic acids is 1. The molecule has 2 heterocycles. The van der Waals surface area contributed by atoms with E-state index in [0.717, 1.165) is 13.0 Å². The lowest BCUT2D eigenvalue weighted by Gasteiger charge is -2.18. The third-order valence-electron chi connectivity index (χ3n) is 3.41. The van der Waals surface area contributed by atoms with Crippen LogP contribution in [0.4, 0.5) is 15.0 Å². The van der Waals surface area contributed by atoms with Gasteiger partial charge in [-0.25, -0.2) is 14.2 Å². The lowest BCUT2D eigenvalue weighted by Crippen LogP contribution is -2.45. The highest BCUT2D eigenvalue weighted by molar-refractivity contribution is 5.74. The predicted molar refractivity (Wildman–Crippen MR) is 79.9 cm³/mol. The first-order chi connectivity index (χ1) is 10.1. The molecule has 21 heavy (non-hydrogen) atoms. The molecule has 6 nitrogen and oxygen atoms in total. The van der Waals surface area contributed by atoms with Crippen molar-refractivity contribution in [2.75, 3.05) is 45.2 Å². The highest BCUT2D eigenvalue weighted by atomic mass is 19.1. The number of halogens is 1. The maximum Gasteiger partial charge on any atom is 0.315 e. The van der Waals surface area contributed by atoms with Crippen molar-refractivity contribution < 1.29 is 9.18 Å². The van der Waals surface area contributed by atoms with Crippen molar-refractivity contribution in [3.05, 3.63) is 24.1 Å². The van der Waals surface area contributed by atoms with E-state index in [4.69, 9.17) is 0 Å². The van der Waals surface area contributed by atoms with Crippen LogP contribution in [0.3, 0.4) is 0 Å². The van der Waals surface area contributed by atoms with E-state index in [2.05, 4.69) is 15.6 Å². The van der Waals surface area contributed by atoms with Crippen LogP contribution in [-0.2, 0) is 0 Å². The van der Waals surface area contributed by atoms with Gasteiger partial charge in [-0.2, -0.15) is 0 Å². The summed E-state index contributed by atoms with van der Waals surface area (Å²) in [5.74, 6) is 0.0309.